The molecule has 2 aliphatic heterocycles. The fraction of sp³-hybridized carbons (Fsp3) is 0.923. The number of hydrogen-bond donors (Lipinski definition) is 2. The van der Waals surface area contributed by atoms with E-state index in [0.29, 0.717) is 32.0 Å². The molecule has 2 atom stereocenters. The highest BCUT2D eigenvalue weighted by Gasteiger charge is 2.43. The number of carboxylic acids is 1. The maximum absolute atomic E-state index is 12.9. The van der Waals surface area contributed by atoms with E-state index in [1.165, 1.54) is 4.31 Å². The fourth-order valence-corrected chi connectivity index (χ4v) is 5.12. The van der Waals surface area contributed by atoms with Crippen molar-refractivity contribution < 1.29 is 18.3 Å². The van der Waals surface area contributed by atoms with Crippen molar-refractivity contribution in [1.29, 1.82) is 0 Å². The highest BCUT2D eigenvalue weighted by Crippen LogP contribution is 2.33. The Morgan fingerprint density at radius 2 is 2.05 bits per heavy atom. The van der Waals surface area contributed by atoms with Crippen LogP contribution in [0.3, 0.4) is 0 Å². The van der Waals surface area contributed by atoms with Gasteiger partial charge in [-0.2, -0.15) is 17.0 Å². The Balaban J connectivity index is 1.74. The first-order valence-electron chi connectivity index (χ1n) is 7.69. The molecule has 21 heavy (non-hydrogen) atoms. The van der Waals surface area contributed by atoms with Gasteiger partial charge in [0.2, 0.25) is 0 Å². The number of carboxylic acid groups (broad SMARTS) is 1. The zero-order valence-corrected chi connectivity index (χ0v) is 12.9. The van der Waals surface area contributed by atoms with Crippen LogP contribution in [0.25, 0.3) is 0 Å². The molecule has 0 radical (unpaired) electrons. The minimum atomic E-state index is -3.54. The normalized spacial score (nSPS) is 31.1. The zero-order valence-electron chi connectivity index (χ0n) is 12.1. The van der Waals surface area contributed by atoms with Crippen molar-refractivity contribution in [3.8, 4) is 0 Å². The minimum Gasteiger partial charge on any atom is -0.481 e. The third kappa shape index (κ3) is 3.23. The lowest BCUT2D eigenvalue weighted by Crippen LogP contribution is -2.49. The van der Waals surface area contributed by atoms with Crippen LogP contribution in [0.5, 0.6) is 0 Å². The number of carbonyl (C=O) groups is 1. The van der Waals surface area contributed by atoms with Crippen LogP contribution in [0.2, 0.25) is 0 Å². The van der Waals surface area contributed by atoms with E-state index in [-0.39, 0.29) is 12.6 Å². The second-order valence-corrected chi connectivity index (χ2v) is 8.23. The molecule has 0 aromatic rings. The van der Waals surface area contributed by atoms with Crippen molar-refractivity contribution in [1.82, 2.24) is 13.9 Å². The average Bonchev–Trinajstić information content (AvgIpc) is 2.96. The number of aliphatic carboxylic acids is 1. The molecule has 0 amide bonds. The van der Waals surface area contributed by atoms with E-state index in [4.69, 9.17) is 5.11 Å². The lowest BCUT2D eigenvalue weighted by atomic mass is 10.1. The van der Waals surface area contributed by atoms with Crippen LogP contribution < -0.4 is 5.32 Å². The largest absolute Gasteiger partial charge is 0.481 e. The van der Waals surface area contributed by atoms with Gasteiger partial charge in [0.25, 0.3) is 10.2 Å². The van der Waals surface area contributed by atoms with Crippen molar-refractivity contribution in [2.24, 2.45) is 11.8 Å². The molecule has 3 fully saturated rings. The third-order valence-corrected chi connectivity index (χ3v) is 6.72. The van der Waals surface area contributed by atoms with Gasteiger partial charge in [0.1, 0.15) is 0 Å². The molecule has 0 aromatic heterocycles. The molecular weight excluding hydrogens is 294 g/mol. The number of hydrogen-bond acceptors (Lipinski definition) is 4. The molecule has 0 aromatic carbocycles. The molecule has 8 heteroatoms. The van der Waals surface area contributed by atoms with E-state index >= 15 is 0 Å². The lowest BCUT2D eigenvalue weighted by molar-refractivity contribution is -0.141. The van der Waals surface area contributed by atoms with Crippen LogP contribution in [0.15, 0.2) is 0 Å². The molecule has 1 aliphatic carbocycles. The minimum absolute atomic E-state index is 0.0134. The predicted molar refractivity (Wildman–Crippen MR) is 76.9 cm³/mol. The predicted octanol–water partition coefficient (Wildman–Crippen LogP) is -0.288. The Kier molecular flexibility index (Phi) is 4.22. The van der Waals surface area contributed by atoms with Gasteiger partial charge in [-0.15, -0.1) is 0 Å². The monoisotopic (exact) mass is 317 g/mol. The molecule has 7 nitrogen and oxygen atoms in total. The first-order valence-corrected chi connectivity index (χ1v) is 9.08. The van der Waals surface area contributed by atoms with E-state index in [9.17, 15) is 13.2 Å². The Bertz CT molecular complexity index is 500. The SMILES string of the molecule is O=C(O)C1CCN(S(=O)(=O)N(CC2CC2)[C@@H]2CCNC2)C1. The van der Waals surface area contributed by atoms with Crippen LogP contribution in [0.4, 0.5) is 0 Å². The number of nitrogens with zero attached hydrogens (tertiary/aromatic N) is 2. The van der Waals surface area contributed by atoms with Crippen molar-refractivity contribution in [2.45, 2.75) is 31.7 Å². The number of nitrogens with one attached hydrogen (secondary N) is 1. The van der Waals surface area contributed by atoms with Gasteiger partial charge in [-0.25, -0.2) is 0 Å². The van der Waals surface area contributed by atoms with E-state index < -0.39 is 22.1 Å². The molecule has 0 spiro atoms. The summed E-state index contributed by atoms with van der Waals surface area (Å²) in [6, 6.07) is 0.0134. The molecule has 120 valence electrons. The third-order valence-electron chi connectivity index (χ3n) is 4.70. The van der Waals surface area contributed by atoms with E-state index in [2.05, 4.69) is 5.32 Å². The molecule has 3 rings (SSSR count). The molecule has 3 aliphatic rings. The van der Waals surface area contributed by atoms with E-state index in [1.807, 2.05) is 0 Å². The Morgan fingerprint density at radius 3 is 2.57 bits per heavy atom. The first-order chi connectivity index (χ1) is 9.98. The summed E-state index contributed by atoms with van der Waals surface area (Å²) in [6.07, 6.45) is 3.45. The van der Waals surface area contributed by atoms with Crippen LogP contribution in [-0.2, 0) is 15.0 Å². The van der Waals surface area contributed by atoms with Gasteiger partial charge in [0.05, 0.1) is 5.92 Å². The molecule has 1 unspecified atom stereocenters. The Morgan fingerprint density at radius 1 is 1.29 bits per heavy atom. The zero-order chi connectivity index (χ0) is 15.0. The summed E-state index contributed by atoms with van der Waals surface area (Å²) in [5.41, 5.74) is 0. The van der Waals surface area contributed by atoms with Crippen LogP contribution in [-0.4, -0.2) is 66.9 Å². The van der Waals surface area contributed by atoms with Gasteiger partial charge in [0, 0.05) is 32.2 Å². The molecule has 0 bridgehead atoms. The molecule has 1 saturated carbocycles. The van der Waals surface area contributed by atoms with Gasteiger partial charge < -0.3 is 10.4 Å². The summed E-state index contributed by atoms with van der Waals surface area (Å²) < 4.78 is 28.8. The van der Waals surface area contributed by atoms with Gasteiger partial charge >= 0.3 is 5.97 Å². The van der Waals surface area contributed by atoms with Gasteiger partial charge in [-0.1, -0.05) is 0 Å². The molecule has 2 saturated heterocycles. The highest BCUT2D eigenvalue weighted by atomic mass is 32.2. The maximum Gasteiger partial charge on any atom is 0.307 e. The maximum atomic E-state index is 12.9. The van der Waals surface area contributed by atoms with Gasteiger partial charge in [-0.3, -0.25) is 4.79 Å². The standard InChI is InChI=1S/C13H23N3O4S/c17-13(18)11-4-6-15(9-11)21(19,20)16(8-10-1-2-10)12-3-5-14-7-12/h10-12,14H,1-9H2,(H,17,18)/t11?,12-/m1/s1. The van der Waals surface area contributed by atoms with Crippen molar-refractivity contribution >= 4 is 16.2 Å². The van der Waals surface area contributed by atoms with Crippen molar-refractivity contribution in [3.63, 3.8) is 0 Å². The van der Waals surface area contributed by atoms with Crippen LogP contribution in [0.1, 0.15) is 25.7 Å². The van der Waals surface area contributed by atoms with Crippen LogP contribution >= 0.6 is 0 Å². The highest BCUT2D eigenvalue weighted by molar-refractivity contribution is 7.86. The van der Waals surface area contributed by atoms with Crippen LogP contribution in [0, 0.1) is 11.8 Å². The van der Waals surface area contributed by atoms with Crippen molar-refractivity contribution in [3.05, 3.63) is 0 Å². The topological polar surface area (TPSA) is 90.0 Å². The summed E-state index contributed by atoms with van der Waals surface area (Å²) in [5.74, 6) is -0.980. The summed E-state index contributed by atoms with van der Waals surface area (Å²) in [5, 5.41) is 12.3. The Labute approximate surface area is 125 Å². The smallest absolute Gasteiger partial charge is 0.307 e. The molecule has 2 heterocycles. The number of rotatable bonds is 6. The average molecular weight is 317 g/mol. The summed E-state index contributed by atoms with van der Waals surface area (Å²) in [7, 11) is -3.54. The summed E-state index contributed by atoms with van der Waals surface area (Å²) in [4.78, 5) is 11.0. The van der Waals surface area contributed by atoms with Gasteiger partial charge in [0.15, 0.2) is 0 Å². The van der Waals surface area contributed by atoms with Gasteiger partial charge in [-0.05, 0) is 38.1 Å². The quantitative estimate of drug-likeness (QED) is 0.703. The van der Waals surface area contributed by atoms with E-state index in [1.54, 1.807) is 4.31 Å². The second-order valence-electron chi connectivity index (χ2n) is 6.35. The Hall–Kier alpha value is -0.700. The van der Waals surface area contributed by atoms with Crippen molar-refractivity contribution in [2.75, 3.05) is 32.7 Å². The lowest BCUT2D eigenvalue weighted by Gasteiger charge is -2.31. The summed E-state index contributed by atoms with van der Waals surface area (Å²) >= 11 is 0. The fourth-order valence-electron chi connectivity index (χ4n) is 3.16. The molecule has 2 N–H and O–H groups in total. The first kappa shape index (κ1) is 15.2. The van der Waals surface area contributed by atoms with E-state index in [0.717, 1.165) is 25.8 Å². The molecular formula is C13H23N3O4S. The summed E-state index contributed by atoms with van der Waals surface area (Å²) in [6.45, 7) is 2.56. The second kappa shape index (κ2) is 5.83.